The number of amides is 1. The zero-order chi connectivity index (χ0) is 25.5. The Balaban J connectivity index is 2.17. The Kier molecular flexibility index (Phi) is 11.9. The zero-order valence-electron chi connectivity index (χ0n) is 19.8. The molecule has 35 heavy (non-hydrogen) atoms. The van der Waals surface area contributed by atoms with Gasteiger partial charge in [-0.2, -0.15) is 0 Å². The number of rotatable bonds is 14. The number of methoxy groups -OCH3 is 2. The second-order valence-electron chi connectivity index (χ2n) is 7.15. The number of carbonyl (C=O) groups excluding carboxylic acids is 2. The Labute approximate surface area is 204 Å². The lowest BCUT2D eigenvalue weighted by atomic mass is 10.0. The molecule has 0 heterocycles. The minimum atomic E-state index is -0.806. The molecule has 0 aliphatic rings. The predicted molar refractivity (Wildman–Crippen MR) is 131 cm³/mol. The first-order chi connectivity index (χ1) is 17.0. The Hall–Kier alpha value is -3.82. The van der Waals surface area contributed by atoms with Crippen LogP contribution in [0.25, 0.3) is 0 Å². The molecule has 2 aromatic rings. The Morgan fingerprint density at radius 2 is 1.74 bits per heavy atom. The molecule has 0 fully saturated rings. The Morgan fingerprint density at radius 1 is 1.06 bits per heavy atom. The lowest BCUT2D eigenvalue weighted by Gasteiger charge is -2.26. The van der Waals surface area contributed by atoms with Gasteiger partial charge in [-0.05, 0) is 48.4 Å². The summed E-state index contributed by atoms with van der Waals surface area (Å²) in [5, 5.41) is 11.6. The van der Waals surface area contributed by atoms with Crippen molar-refractivity contribution in [1.29, 1.82) is 0 Å². The van der Waals surface area contributed by atoms with E-state index in [9.17, 15) is 9.59 Å². The molecular formula is C26H31NO8. The van der Waals surface area contributed by atoms with Crippen LogP contribution in [0.15, 0.2) is 73.3 Å². The van der Waals surface area contributed by atoms with Gasteiger partial charge in [0.25, 0.3) is 0 Å². The lowest BCUT2D eigenvalue weighted by Crippen LogP contribution is -2.27. The van der Waals surface area contributed by atoms with Gasteiger partial charge in [-0.3, -0.25) is 5.32 Å². The van der Waals surface area contributed by atoms with Crippen molar-refractivity contribution in [3.8, 4) is 11.5 Å². The Bertz CT molecular complexity index is 956. The van der Waals surface area contributed by atoms with E-state index < -0.39 is 24.3 Å². The summed E-state index contributed by atoms with van der Waals surface area (Å²) in [5.41, 5.74) is 1.18. The van der Waals surface area contributed by atoms with Crippen LogP contribution in [0.5, 0.6) is 11.5 Å². The highest BCUT2D eigenvalue weighted by atomic mass is 16.6. The normalized spacial score (nSPS) is 12.4. The number of benzene rings is 2. The molecule has 188 valence electrons. The summed E-state index contributed by atoms with van der Waals surface area (Å²) >= 11 is 0. The second kappa shape index (κ2) is 15.2. The van der Waals surface area contributed by atoms with Crippen molar-refractivity contribution in [2.45, 2.75) is 18.6 Å². The van der Waals surface area contributed by atoms with Gasteiger partial charge in [-0.25, -0.2) is 9.59 Å². The molecule has 0 saturated carbocycles. The summed E-state index contributed by atoms with van der Waals surface area (Å²) in [6.45, 7) is 3.67. The van der Waals surface area contributed by atoms with E-state index in [2.05, 4.69) is 11.9 Å². The quantitative estimate of drug-likeness (QED) is 0.234. The molecule has 0 aliphatic heterocycles. The number of ether oxygens (including phenoxy) is 5. The third-order valence-corrected chi connectivity index (χ3v) is 4.75. The van der Waals surface area contributed by atoms with Gasteiger partial charge in [0.15, 0.2) is 6.10 Å². The zero-order valence-corrected chi connectivity index (χ0v) is 19.8. The van der Waals surface area contributed by atoms with Crippen LogP contribution < -0.4 is 14.8 Å². The van der Waals surface area contributed by atoms with Crippen molar-refractivity contribution in [3.63, 3.8) is 0 Å². The molecule has 2 N–H and O–H groups in total. The number of nitrogens with one attached hydrogen (secondary N) is 1. The molecule has 0 bridgehead atoms. The highest BCUT2D eigenvalue weighted by molar-refractivity contribution is 5.85. The molecule has 0 unspecified atom stereocenters. The maximum atomic E-state index is 12.7. The number of esters is 1. The molecule has 2 atom stereocenters. The van der Waals surface area contributed by atoms with Crippen LogP contribution in [0.2, 0.25) is 0 Å². The maximum absolute atomic E-state index is 12.7. The van der Waals surface area contributed by atoms with E-state index in [1.165, 1.54) is 19.3 Å². The van der Waals surface area contributed by atoms with E-state index in [1.54, 1.807) is 61.7 Å². The first-order valence-electron chi connectivity index (χ1n) is 10.9. The van der Waals surface area contributed by atoms with Crippen LogP contribution in [0.1, 0.15) is 18.1 Å². The fraction of sp³-hybridized carbons (Fsp3) is 0.308. The molecule has 9 heteroatoms. The van der Waals surface area contributed by atoms with Crippen LogP contribution in [0, 0.1) is 0 Å². The van der Waals surface area contributed by atoms with E-state index in [4.69, 9.17) is 28.8 Å². The van der Waals surface area contributed by atoms with Crippen molar-refractivity contribution in [2.24, 2.45) is 0 Å². The lowest BCUT2D eigenvalue weighted by molar-refractivity contribution is -0.136. The third-order valence-electron chi connectivity index (χ3n) is 4.75. The predicted octanol–water partition coefficient (Wildman–Crippen LogP) is 4.05. The highest BCUT2D eigenvalue weighted by Gasteiger charge is 2.27. The average Bonchev–Trinajstić information content (AvgIpc) is 2.88. The summed E-state index contributed by atoms with van der Waals surface area (Å²) < 4.78 is 26.8. The van der Waals surface area contributed by atoms with Gasteiger partial charge in [-0.15, -0.1) is 0 Å². The van der Waals surface area contributed by atoms with Crippen LogP contribution in [-0.4, -0.2) is 57.3 Å². The van der Waals surface area contributed by atoms with Gasteiger partial charge >= 0.3 is 12.1 Å². The van der Waals surface area contributed by atoms with Crippen molar-refractivity contribution in [1.82, 2.24) is 0 Å². The van der Waals surface area contributed by atoms with Gasteiger partial charge in [-0.1, -0.05) is 30.9 Å². The standard InChI is InChI=1S/C26H31NO8/c1-4-17-34-24(29)7-5-6-23(32-3)25(19-8-12-22(13-9-19)33-18-16-28)35-26(30)27-20-10-14-21(31-2)15-11-20/h4-5,7-15,23,25,28H,1,6,16-18H2,2-3H3,(H,27,30)/b7-5+/t23-,25-/m1/s1. The van der Waals surface area contributed by atoms with E-state index >= 15 is 0 Å². The van der Waals surface area contributed by atoms with Crippen LogP contribution in [0.4, 0.5) is 10.5 Å². The van der Waals surface area contributed by atoms with E-state index in [0.717, 1.165) is 0 Å². The number of hydrogen-bond acceptors (Lipinski definition) is 8. The molecule has 2 aromatic carbocycles. The third kappa shape index (κ3) is 9.52. The number of carbonyl (C=O) groups is 2. The average molecular weight is 486 g/mol. The van der Waals surface area contributed by atoms with E-state index in [1.807, 2.05) is 0 Å². The number of aliphatic hydroxyl groups is 1. The molecule has 0 radical (unpaired) electrons. The second-order valence-corrected chi connectivity index (χ2v) is 7.15. The summed E-state index contributed by atoms with van der Waals surface area (Å²) in [6, 6.07) is 13.7. The monoisotopic (exact) mass is 485 g/mol. The van der Waals surface area contributed by atoms with Gasteiger partial charge < -0.3 is 28.8 Å². The molecular weight excluding hydrogens is 454 g/mol. The van der Waals surface area contributed by atoms with Crippen molar-refractivity contribution in [2.75, 3.05) is 39.4 Å². The maximum Gasteiger partial charge on any atom is 0.412 e. The largest absolute Gasteiger partial charge is 0.497 e. The minimum absolute atomic E-state index is 0.105. The molecule has 0 spiro atoms. The SMILES string of the molecule is C=CCOC(=O)/C=C/C[C@@H](OC)[C@H](OC(=O)Nc1ccc(OC)cc1)c1ccc(OCCO)cc1. The van der Waals surface area contributed by atoms with Crippen LogP contribution in [0.3, 0.4) is 0 Å². The summed E-state index contributed by atoms with van der Waals surface area (Å²) in [6.07, 6.45) is 2.53. The summed E-state index contributed by atoms with van der Waals surface area (Å²) in [7, 11) is 3.05. The minimum Gasteiger partial charge on any atom is -0.497 e. The highest BCUT2D eigenvalue weighted by Crippen LogP contribution is 2.28. The summed E-state index contributed by atoms with van der Waals surface area (Å²) in [5.74, 6) is 0.700. The molecule has 2 rings (SSSR count). The molecule has 1 amide bonds. The molecule has 9 nitrogen and oxygen atoms in total. The van der Waals surface area contributed by atoms with E-state index in [0.29, 0.717) is 22.7 Å². The molecule has 0 aliphatic carbocycles. The first-order valence-corrected chi connectivity index (χ1v) is 10.9. The van der Waals surface area contributed by atoms with Crippen molar-refractivity contribution >= 4 is 17.7 Å². The van der Waals surface area contributed by atoms with Gasteiger partial charge in [0, 0.05) is 18.9 Å². The van der Waals surface area contributed by atoms with Gasteiger partial charge in [0.2, 0.25) is 0 Å². The number of aliphatic hydroxyl groups excluding tert-OH is 1. The molecule has 0 aromatic heterocycles. The van der Waals surface area contributed by atoms with Gasteiger partial charge in [0.05, 0.1) is 13.7 Å². The topological polar surface area (TPSA) is 113 Å². The first kappa shape index (κ1) is 27.4. The van der Waals surface area contributed by atoms with Gasteiger partial charge in [0.1, 0.15) is 30.8 Å². The van der Waals surface area contributed by atoms with Crippen LogP contribution in [-0.2, 0) is 19.0 Å². The number of hydrogen-bond donors (Lipinski definition) is 2. The van der Waals surface area contributed by atoms with Crippen molar-refractivity contribution in [3.05, 3.63) is 78.9 Å². The fourth-order valence-electron chi connectivity index (χ4n) is 3.04. The van der Waals surface area contributed by atoms with E-state index in [-0.39, 0.29) is 26.2 Å². The number of anilines is 1. The molecule has 0 saturated heterocycles. The summed E-state index contributed by atoms with van der Waals surface area (Å²) in [4.78, 5) is 24.4. The van der Waals surface area contributed by atoms with Crippen LogP contribution >= 0.6 is 0 Å². The fourth-order valence-corrected chi connectivity index (χ4v) is 3.04. The van der Waals surface area contributed by atoms with Crippen molar-refractivity contribution < 1.29 is 38.4 Å². The smallest absolute Gasteiger partial charge is 0.412 e. The Morgan fingerprint density at radius 3 is 2.34 bits per heavy atom.